The molecule has 24 heavy (non-hydrogen) atoms. The summed E-state index contributed by atoms with van der Waals surface area (Å²) in [6, 6.07) is 2.23. The summed E-state index contributed by atoms with van der Waals surface area (Å²) in [6.45, 7) is 2.91. The fourth-order valence-corrected chi connectivity index (χ4v) is 3.69. The summed E-state index contributed by atoms with van der Waals surface area (Å²) in [5.74, 6) is 2.47. The SMILES string of the molecule is Cc1nccc(N2CCCC2c2csc(Nc3cnccn3)n2)n1. The molecule has 4 rings (SSSR count). The molecule has 0 aromatic carbocycles. The van der Waals surface area contributed by atoms with E-state index in [0.29, 0.717) is 5.82 Å². The summed E-state index contributed by atoms with van der Waals surface area (Å²) < 4.78 is 0. The molecule has 3 aromatic rings. The molecule has 1 saturated heterocycles. The van der Waals surface area contributed by atoms with Crippen molar-refractivity contribution in [1.82, 2.24) is 24.9 Å². The van der Waals surface area contributed by atoms with Crippen molar-refractivity contribution in [3.8, 4) is 0 Å². The van der Waals surface area contributed by atoms with Gasteiger partial charge >= 0.3 is 0 Å². The molecule has 0 spiro atoms. The lowest BCUT2D eigenvalue weighted by atomic mass is 10.2. The maximum Gasteiger partial charge on any atom is 0.188 e. The lowest BCUT2D eigenvalue weighted by Crippen LogP contribution is -2.24. The van der Waals surface area contributed by atoms with E-state index in [1.165, 1.54) is 0 Å². The van der Waals surface area contributed by atoms with Crippen LogP contribution in [0.25, 0.3) is 0 Å². The molecular weight excluding hydrogens is 322 g/mol. The van der Waals surface area contributed by atoms with Gasteiger partial charge in [0.25, 0.3) is 0 Å². The summed E-state index contributed by atoms with van der Waals surface area (Å²) in [6.07, 6.45) is 9.03. The van der Waals surface area contributed by atoms with Gasteiger partial charge in [0.2, 0.25) is 0 Å². The van der Waals surface area contributed by atoms with E-state index in [-0.39, 0.29) is 6.04 Å². The quantitative estimate of drug-likeness (QED) is 0.782. The van der Waals surface area contributed by atoms with Gasteiger partial charge in [0.05, 0.1) is 17.9 Å². The van der Waals surface area contributed by atoms with E-state index in [1.807, 2.05) is 19.2 Å². The number of nitrogens with one attached hydrogen (secondary N) is 1. The van der Waals surface area contributed by atoms with E-state index < -0.39 is 0 Å². The first kappa shape index (κ1) is 14.9. The molecule has 0 saturated carbocycles. The molecule has 1 N–H and O–H groups in total. The minimum absolute atomic E-state index is 0.257. The van der Waals surface area contributed by atoms with Crippen LogP contribution >= 0.6 is 11.3 Å². The highest BCUT2D eigenvalue weighted by molar-refractivity contribution is 7.13. The highest BCUT2D eigenvalue weighted by atomic mass is 32.1. The monoisotopic (exact) mass is 339 g/mol. The van der Waals surface area contributed by atoms with Gasteiger partial charge in [-0.3, -0.25) is 4.98 Å². The molecule has 0 radical (unpaired) electrons. The lowest BCUT2D eigenvalue weighted by Gasteiger charge is -2.24. The van der Waals surface area contributed by atoms with Crippen LogP contribution in [0.2, 0.25) is 0 Å². The van der Waals surface area contributed by atoms with Crippen molar-refractivity contribution < 1.29 is 0 Å². The average molecular weight is 339 g/mol. The molecule has 0 amide bonds. The number of anilines is 3. The standard InChI is InChI=1S/C16H17N7S/c1-11-18-5-4-15(20-11)23-8-2-3-13(23)12-10-24-16(21-12)22-14-9-17-6-7-19-14/h4-7,9-10,13H,2-3,8H2,1H3,(H,19,21,22). The van der Waals surface area contributed by atoms with Crippen LogP contribution in [-0.2, 0) is 0 Å². The van der Waals surface area contributed by atoms with Crippen molar-refractivity contribution >= 4 is 28.1 Å². The predicted octanol–water partition coefficient (Wildman–Crippen LogP) is 3.12. The van der Waals surface area contributed by atoms with Gasteiger partial charge in [-0.05, 0) is 25.8 Å². The Balaban J connectivity index is 1.55. The summed E-state index contributed by atoms with van der Waals surface area (Å²) in [5, 5.41) is 6.14. The fraction of sp³-hybridized carbons (Fsp3) is 0.312. The average Bonchev–Trinajstić information content (AvgIpc) is 3.24. The molecule has 0 aliphatic carbocycles. The van der Waals surface area contributed by atoms with Gasteiger partial charge in [0, 0.05) is 30.5 Å². The van der Waals surface area contributed by atoms with Crippen LogP contribution in [0.4, 0.5) is 16.8 Å². The highest BCUT2D eigenvalue weighted by Gasteiger charge is 2.29. The number of hydrogen-bond acceptors (Lipinski definition) is 8. The molecule has 0 bridgehead atoms. The van der Waals surface area contributed by atoms with Crippen molar-refractivity contribution in [2.45, 2.75) is 25.8 Å². The zero-order valence-corrected chi connectivity index (χ0v) is 14.1. The van der Waals surface area contributed by atoms with E-state index >= 15 is 0 Å². The normalized spacial score (nSPS) is 17.2. The molecule has 1 unspecified atom stereocenters. The maximum atomic E-state index is 4.74. The van der Waals surface area contributed by atoms with Crippen LogP contribution in [0.15, 0.2) is 36.2 Å². The Morgan fingerprint density at radius 3 is 3.00 bits per heavy atom. The second kappa shape index (κ2) is 6.48. The third-order valence-corrected chi connectivity index (χ3v) is 4.75. The van der Waals surface area contributed by atoms with E-state index in [9.17, 15) is 0 Å². The molecule has 1 fully saturated rings. The van der Waals surface area contributed by atoms with Gasteiger partial charge in [-0.15, -0.1) is 11.3 Å². The Morgan fingerprint density at radius 2 is 2.17 bits per heavy atom. The molecule has 7 nitrogen and oxygen atoms in total. The van der Waals surface area contributed by atoms with Crippen LogP contribution in [0.3, 0.4) is 0 Å². The van der Waals surface area contributed by atoms with E-state index in [2.05, 4.69) is 35.5 Å². The minimum atomic E-state index is 0.257. The van der Waals surface area contributed by atoms with Crippen LogP contribution in [0.5, 0.6) is 0 Å². The second-order valence-electron chi connectivity index (χ2n) is 5.61. The molecule has 1 aliphatic heterocycles. The third kappa shape index (κ3) is 3.05. The number of aromatic nitrogens is 5. The predicted molar refractivity (Wildman–Crippen MR) is 93.5 cm³/mol. The number of aryl methyl sites for hydroxylation is 1. The summed E-state index contributed by atoms with van der Waals surface area (Å²) in [7, 11) is 0. The zero-order valence-electron chi connectivity index (χ0n) is 13.3. The molecule has 1 aliphatic rings. The Bertz CT molecular complexity index is 820. The van der Waals surface area contributed by atoms with Crippen molar-refractivity contribution in [2.75, 3.05) is 16.8 Å². The minimum Gasteiger partial charge on any atom is -0.348 e. The van der Waals surface area contributed by atoms with Crippen LogP contribution in [-0.4, -0.2) is 31.5 Å². The second-order valence-corrected chi connectivity index (χ2v) is 6.46. The first-order valence-electron chi connectivity index (χ1n) is 7.84. The molecule has 3 aromatic heterocycles. The fourth-order valence-electron chi connectivity index (χ4n) is 2.92. The van der Waals surface area contributed by atoms with Crippen molar-refractivity contribution in [3.05, 3.63) is 47.8 Å². The largest absolute Gasteiger partial charge is 0.348 e. The van der Waals surface area contributed by atoms with Crippen LogP contribution < -0.4 is 10.2 Å². The number of hydrogen-bond donors (Lipinski definition) is 1. The first-order chi connectivity index (χ1) is 11.8. The van der Waals surface area contributed by atoms with Crippen LogP contribution in [0.1, 0.15) is 30.4 Å². The van der Waals surface area contributed by atoms with Gasteiger partial charge in [0.1, 0.15) is 11.6 Å². The van der Waals surface area contributed by atoms with Gasteiger partial charge in [-0.25, -0.2) is 19.9 Å². The van der Waals surface area contributed by atoms with E-state index in [0.717, 1.165) is 41.9 Å². The third-order valence-electron chi connectivity index (χ3n) is 3.97. The smallest absolute Gasteiger partial charge is 0.188 e. The summed E-state index contributed by atoms with van der Waals surface area (Å²) in [4.78, 5) is 24.1. The Morgan fingerprint density at radius 1 is 1.21 bits per heavy atom. The van der Waals surface area contributed by atoms with E-state index in [4.69, 9.17) is 4.98 Å². The van der Waals surface area contributed by atoms with Crippen LogP contribution in [0, 0.1) is 6.92 Å². The van der Waals surface area contributed by atoms with E-state index in [1.54, 1.807) is 29.9 Å². The summed E-state index contributed by atoms with van der Waals surface area (Å²) in [5.41, 5.74) is 1.07. The zero-order chi connectivity index (χ0) is 16.4. The molecular formula is C16H17N7S. The van der Waals surface area contributed by atoms with Gasteiger partial charge < -0.3 is 10.2 Å². The number of rotatable bonds is 4. The van der Waals surface area contributed by atoms with Gasteiger partial charge in [0.15, 0.2) is 10.9 Å². The van der Waals surface area contributed by atoms with Crippen molar-refractivity contribution in [3.63, 3.8) is 0 Å². The summed E-state index contributed by atoms with van der Waals surface area (Å²) >= 11 is 1.58. The Labute approximate surface area is 143 Å². The number of thiazole rings is 1. The molecule has 8 heteroatoms. The van der Waals surface area contributed by atoms with Crippen molar-refractivity contribution in [1.29, 1.82) is 0 Å². The van der Waals surface area contributed by atoms with Gasteiger partial charge in [-0.1, -0.05) is 0 Å². The van der Waals surface area contributed by atoms with Gasteiger partial charge in [-0.2, -0.15) is 0 Å². The van der Waals surface area contributed by atoms with Crippen molar-refractivity contribution in [2.24, 2.45) is 0 Å². The Hall–Kier alpha value is -2.61. The molecule has 122 valence electrons. The topological polar surface area (TPSA) is 79.7 Å². The molecule has 1 atom stereocenters. The number of nitrogens with zero attached hydrogens (tertiary/aromatic N) is 6. The Kier molecular flexibility index (Phi) is 4.04. The lowest BCUT2D eigenvalue weighted by molar-refractivity contribution is 0.691. The molecule has 4 heterocycles. The maximum absolute atomic E-state index is 4.74. The highest BCUT2D eigenvalue weighted by Crippen LogP contribution is 2.36. The first-order valence-corrected chi connectivity index (χ1v) is 8.72.